The van der Waals surface area contributed by atoms with E-state index >= 15 is 0 Å². The highest BCUT2D eigenvalue weighted by molar-refractivity contribution is 5.86. The van der Waals surface area contributed by atoms with E-state index in [1.807, 2.05) is 31.3 Å². The van der Waals surface area contributed by atoms with Crippen molar-refractivity contribution < 1.29 is 4.42 Å². The molecule has 2 aromatic heterocycles. The molecule has 126 valence electrons. The molecule has 2 N–H and O–H groups in total. The summed E-state index contributed by atoms with van der Waals surface area (Å²) in [5, 5.41) is 0. The number of hydrogen-bond acceptors (Lipinski definition) is 4. The summed E-state index contributed by atoms with van der Waals surface area (Å²) in [6.45, 7) is 4.05. The van der Waals surface area contributed by atoms with Crippen LogP contribution in [0.2, 0.25) is 0 Å². The molecule has 2 heterocycles. The molecule has 25 heavy (non-hydrogen) atoms. The van der Waals surface area contributed by atoms with Gasteiger partial charge in [0.1, 0.15) is 5.52 Å². The van der Waals surface area contributed by atoms with E-state index < -0.39 is 0 Å². The minimum atomic E-state index is 0.675. The van der Waals surface area contributed by atoms with Crippen LogP contribution < -0.4 is 5.73 Å². The van der Waals surface area contributed by atoms with Gasteiger partial charge in [-0.2, -0.15) is 0 Å². The fourth-order valence-electron chi connectivity index (χ4n) is 3.42. The van der Waals surface area contributed by atoms with Crippen LogP contribution >= 0.6 is 0 Å². The molecule has 1 aliphatic carbocycles. The van der Waals surface area contributed by atoms with Crippen LogP contribution in [0.15, 0.2) is 46.0 Å². The minimum Gasteiger partial charge on any atom is -0.440 e. The lowest BCUT2D eigenvalue weighted by atomic mass is 9.89. The third kappa shape index (κ3) is 2.84. The van der Waals surface area contributed by atoms with Gasteiger partial charge < -0.3 is 10.2 Å². The van der Waals surface area contributed by atoms with Crippen LogP contribution in [0.3, 0.4) is 0 Å². The molecule has 0 atom stereocenters. The number of hydrogen-bond donors (Lipinski definition) is 1. The first-order valence-corrected chi connectivity index (χ1v) is 8.66. The van der Waals surface area contributed by atoms with Crippen molar-refractivity contribution in [3.63, 3.8) is 0 Å². The van der Waals surface area contributed by atoms with E-state index in [1.54, 1.807) is 0 Å². The zero-order valence-electron chi connectivity index (χ0n) is 14.5. The number of aryl methyl sites for hydroxylation is 2. The first kappa shape index (κ1) is 15.6. The molecule has 0 aliphatic heterocycles. The summed E-state index contributed by atoms with van der Waals surface area (Å²) in [6, 6.07) is 7.98. The van der Waals surface area contributed by atoms with E-state index in [4.69, 9.17) is 10.2 Å². The summed E-state index contributed by atoms with van der Waals surface area (Å²) in [5.74, 6) is 0.675. The Morgan fingerprint density at radius 1 is 1.28 bits per heavy atom. The second-order valence-electron chi connectivity index (χ2n) is 6.39. The smallest absolute Gasteiger partial charge is 0.192 e. The molecular formula is C21H21N3O. The van der Waals surface area contributed by atoms with Crippen molar-refractivity contribution in [1.82, 2.24) is 9.97 Å². The summed E-state index contributed by atoms with van der Waals surface area (Å²) < 4.78 is 5.83. The van der Waals surface area contributed by atoms with Gasteiger partial charge in [0.05, 0.1) is 11.9 Å². The lowest BCUT2D eigenvalue weighted by Gasteiger charge is -2.18. The van der Waals surface area contributed by atoms with Gasteiger partial charge in [0.15, 0.2) is 11.5 Å². The van der Waals surface area contributed by atoms with Crippen LogP contribution in [0, 0.1) is 6.92 Å². The predicted octanol–water partition coefficient (Wildman–Crippen LogP) is 4.94. The fraction of sp³-hybridized carbons (Fsp3) is 0.238. The average molecular weight is 331 g/mol. The van der Waals surface area contributed by atoms with Gasteiger partial charge in [-0.15, -0.1) is 0 Å². The van der Waals surface area contributed by atoms with Gasteiger partial charge in [0, 0.05) is 18.2 Å². The Labute approximate surface area is 147 Å². The number of aromatic nitrogens is 2. The molecule has 0 spiro atoms. The Hall–Kier alpha value is -2.88. The van der Waals surface area contributed by atoms with E-state index in [2.05, 4.69) is 35.1 Å². The molecule has 1 aromatic carbocycles. The molecule has 0 saturated carbocycles. The Morgan fingerprint density at radius 2 is 2.12 bits per heavy atom. The van der Waals surface area contributed by atoms with Crippen LogP contribution in [0.25, 0.3) is 23.3 Å². The third-order valence-corrected chi connectivity index (χ3v) is 4.73. The number of pyridine rings is 1. The molecule has 0 fully saturated rings. The Balaban J connectivity index is 1.82. The maximum absolute atomic E-state index is 6.11. The molecular weight excluding hydrogens is 310 g/mol. The maximum Gasteiger partial charge on any atom is 0.192 e. The van der Waals surface area contributed by atoms with Gasteiger partial charge in [0.2, 0.25) is 0 Å². The van der Waals surface area contributed by atoms with Crippen molar-refractivity contribution in [3.05, 3.63) is 64.3 Å². The number of anilines is 1. The van der Waals surface area contributed by atoms with Crippen LogP contribution in [0.5, 0.6) is 0 Å². The highest BCUT2D eigenvalue weighted by atomic mass is 16.3. The van der Waals surface area contributed by atoms with Crippen LogP contribution in [0.4, 0.5) is 5.69 Å². The maximum atomic E-state index is 6.11. The van der Waals surface area contributed by atoms with Gasteiger partial charge in [0.25, 0.3) is 0 Å². The predicted molar refractivity (Wildman–Crippen MR) is 102 cm³/mol. The Bertz CT molecular complexity index is 1010. The molecule has 4 nitrogen and oxygen atoms in total. The van der Waals surface area contributed by atoms with Crippen LogP contribution in [-0.2, 0) is 6.42 Å². The number of oxazole rings is 1. The van der Waals surface area contributed by atoms with E-state index in [0.717, 1.165) is 52.9 Å². The summed E-state index contributed by atoms with van der Waals surface area (Å²) in [6.07, 6.45) is 9.07. The number of fused-ring (bicyclic) bond motifs is 3. The number of benzene rings is 1. The second kappa shape index (κ2) is 6.20. The summed E-state index contributed by atoms with van der Waals surface area (Å²) in [4.78, 5) is 8.97. The first-order valence-electron chi connectivity index (χ1n) is 8.66. The van der Waals surface area contributed by atoms with Gasteiger partial charge in [-0.25, -0.2) is 4.98 Å². The van der Waals surface area contributed by atoms with E-state index in [-0.39, 0.29) is 0 Å². The van der Waals surface area contributed by atoms with E-state index in [1.165, 1.54) is 11.1 Å². The summed E-state index contributed by atoms with van der Waals surface area (Å²) in [7, 11) is 0. The molecule has 0 bridgehead atoms. The van der Waals surface area contributed by atoms with Crippen LogP contribution in [0.1, 0.15) is 42.5 Å². The lowest BCUT2D eigenvalue weighted by molar-refractivity contribution is 0.559. The van der Waals surface area contributed by atoms with Crippen LogP contribution in [-0.4, -0.2) is 9.97 Å². The first-order chi connectivity index (χ1) is 12.2. The van der Waals surface area contributed by atoms with E-state index in [9.17, 15) is 0 Å². The zero-order chi connectivity index (χ0) is 17.4. The molecule has 0 unspecified atom stereocenters. The monoisotopic (exact) mass is 331 g/mol. The van der Waals surface area contributed by atoms with Crippen molar-refractivity contribution in [2.75, 3.05) is 5.73 Å². The second-order valence-corrected chi connectivity index (χ2v) is 6.39. The number of allylic oxidation sites excluding steroid dienone is 2. The van der Waals surface area contributed by atoms with Crippen molar-refractivity contribution in [2.45, 2.75) is 33.1 Å². The molecule has 3 aromatic rings. The van der Waals surface area contributed by atoms with Crippen molar-refractivity contribution in [3.8, 4) is 0 Å². The number of nitrogen functional groups attached to an aromatic ring is 1. The third-order valence-electron chi connectivity index (χ3n) is 4.73. The number of nitrogens with zero attached hydrogens (tertiary/aromatic N) is 2. The van der Waals surface area contributed by atoms with Crippen molar-refractivity contribution in [1.29, 1.82) is 0 Å². The van der Waals surface area contributed by atoms with Gasteiger partial charge >= 0.3 is 0 Å². The molecule has 1 aliphatic rings. The Kier molecular flexibility index (Phi) is 3.88. The molecule has 4 heteroatoms. The largest absolute Gasteiger partial charge is 0.440 e. The topological polar surface area (TPSA) is 64.9 Å². The van der Waals surface area contributed by atoms with Gasteiger partial charge in [-0.05, 0) is 54.2 Å². The number of rotatable bonds is 3. The average Bonchev–Trinajstić information content (AvgIpc) is 3.01. The summed E-state index contributed by atoms with van der Waals surface area (Å²) >= 11 is 0. The standard InChI is InChI=1S/C21H21N3O/c1-3-14(10-16-6-4-5-7-18(16)22)15-8-9-19-17(11-15)21-20(12-23-19)24-13(2)25-21/h4-7,10-12H,3,8-9,22H2,1-2H3/b14-10+. The lowest BCUT2D eigenvalue weighted by Crippen LogP contribution is -2.04. The molecule has 4 rings (SSSR count). The van der Waals surface area contributed by atoms with Gasteiger partial charge in [-0.1, -0.05) is 25.1 Å². The highest BCUT2D eigenvalue weighted by Crippen LogP contribution is 2.34. The quantitative estimate of drug-likeness (QED) is 0.691. The van der Waals surface area contributed by atoms with Crippen molar-refractivity contribution in [2.24, 2.45) is 0 Å². The fourth-order valence-corrected chi connectivity index (χ4v) is 3.42. The summed E-state index contributed by atoms with van der Waals surface area (Å²) in [5.41, 5.74) is 14.4. The Morgan fingerprint density at radius 3 is 2.92 bits per heavy atom. The molecule has 0 radical (unpaired) electrons. The SMILES string of the molecule is CC/C(=C\c1ccccc1N)C1=Cc2c(ncc3nc(C)oc23)CC1. The molecule has 0 amide bonds. The van der Waals surface area contributed by atoms with E-state index in [0.29, 0.717) is 5.89 Å². The zero-order valence-corrected chi connectivity index (χ0v) is 14.5. The molecule has 0 saturated heterocycles. The van der Waals surface area contributed by atoms with Gasteiger partial charge in [-0.3, -0.25) is 4.98 Å². The highest BCUT2D eigenvalue weighted by Gasteiger charge is 2.19. The van der Waals surface area contributed by atoms with Crippen molar-refractivity contribution >= 4 is 28.9 Å². The number of para-hydroxylation sites is 1. The number of nitrogens with two attached hydrogens (primary N) is 1. The minimum absolute atomic E-state index is 0.675. The normalized spacial score (nSPS) is 14.5.